The molecular weight excluding hydrogens is 252 g/mol. The molecule has 1 aliphatic rings. The lowest BCUT2D eigenvalue weighted by Crippen LogP contribution is -2.57. The molecule has 0 radical (unpaired) electrons. The van der Waals surface area contributed by atoms with Gasteiger partial charge in [0.1, 0.15) is 12.1 Å². The number of rotatable bonds is 4. The first-order chi connectivity index (χ1) is 9.40. The molecule has 0 saturated carbocycles. The van der Waals surface area contributed by atoms with Crippen LogP contribution in [0.5, 0.6) is 0 Å². The molecule has 1 aromatic rings. The highest BCUT2D eigenvalue weighted by Crippen LogP contribution is 2.22. The first-order valence-corrected chi connectivity index (χ1v) is 7.27. The Morgan fingerprint density at radius 3 is 2.70 bits per heavy atom. The van der Waals surface area contributed by atoms with E-state index >= 15 is 0 Å². The number of carbonyl (C=O) groups is 1. The van der Waals surface area contributed by atoms with E-state index in [0.29, 0.717) is 12.5 Å². The number of anilines is 1. The maximum atomic E-state index is 11.7. The SMILES string of the molecule is CCCC(=O)N1CC(Nc2cc(C(C)(C)C)ncn2)C1. The van der Waals surface area contributed by atoms with Crippen LogP contribution >= 0.6 is 0 Å². The molecular formula is C15H24N4O. The monoisotopic (exact) mass is 276 g/mol. The lowest BCUT2D eigenvalue weighted by Gasteiger charge is -2.40. The Bertz CT molecular complexity index is 475. The van der Waals surface area contributed by atoms with Gasteiger partial charge in [0, 0.05) is 31.0 Å². The Balaban J connectivity index is 1.89. The second kappa shape index (κ2) is 5.77. The number of carbonyl (C=O) groups excluding carboxylic acids is 1. The van der Waals surface area contributed by atoms with Gasteiger partial charge >= 0.3 is 0 Å². The fourth-order valence-corrected chi connectivity index (χ4v) is 2.20. The smallest absolute Gasteiger partial charge is 0.222 e. The zero-order chi connectivity index (χ0) is 14.8. The molecule has 110 valence electrons. The van der Waals surface area contributed by atoms with Crippen LogP contribution in [0.1, 0.15) is 46.2 Å². The van der Waals surface area contributed by atoms with Crippen LogP contribution in [0.25, 0.3) is 0 Å². The first-order valence-electron chi connectivity index (χ1n) is 7.27. The van der Waals surface area contributed by atoms with Crippen molar-refractivity contribution >= 4 is 11.7 Å². The molecule has 2 rings (SSSR count). The quantitative estimate of drug-likeness (QED) is 0.916. The maximum Gasteiger partial charge on any atom is 0.222 e. The molecule has 0 aromatic carbocycles. The van der Waals surface area contributed by atoms with Gasteiger partial charge in [-0.3, -0.25) is 4.79 Å². The Labute approximate surface area is 120 Å². The minimum atomic E-state index is 0.0160. The molecule has 1 aromatic heterocycles. The van der Waals surface area contributed by atoms with Crippen LogP contribution in [0.2, 0.25) is 0 Å². The second-order valence-electron chi connectivity index (χ2n) is 6.43. The van der Waals surface area contributed by atoms with Crippen LogP contribution in [-0.2, 0) is 10.2 Å². The minimum absolute atomic E-state index is 0.0160. The van der Waals surface area contributed by atoms with Crippen molar-refractivity contribution in [2.75, 3.05) is 18.4 Å². The highest BCUT2D eigenvalue weighted by Gasteiger charge is 2.30. The summed E-state index contributed by atoms with van der Waals surface area (Å²) in [7, 11) is 0. The lowest BCUT2D eigenvalue weighted by atomic mass is 9.92. The molecule has 1 N–H and O–H groups in total. The predicted molar refractivity (Wildman–Crippen MR) is 79.6 cm³/mol. The molecule has 1 amide bonds. The third kappa shape index (κ3) is 3.46. The van der Waals surface area contributed by atoms with Gasteiger partial charge in [-0.2, -0.15) is 0 Å². The molecule has 5 heteroatoms. The fraction of sp³-hybridized carbons (Fsp3) is 0.667. The van der Waals surface area contributed by atoms with E-state index in [-0.39, 0.29) is 11.3 Å². The number of hydrogen-bond acceptors (Lipinski definition) is 4. The summed E-state index contributed by atoms with van der Waals surface area (Å²) >= 11 is 0. The summed E-state index contributed by atoms with van der Waals surface area (Å²) in [5.41, 5.74) is 1.04. The van der Waals surface area contributed by atoms with E-state index in [1.54, 1.807) is 6.33 Å². The average molecular weight is 276 g/mol. The third-order valence-corrected chi connectivity index (χ3v) is 3.49. The topological polar surface area (TPSA) is 58.1 Å². The summed E-state index contributed by atoms with van der Waals surface area (Å²) < 4.78 is 0. The number of hydrogen-bond donors (Lipinski definition) is 1. The number of likely N-dealkylation sites (tertiary alicyclic amines) is 1. The van der Waals surface area contributed by atoms with Gasteiger partial charge in [0.15, 0.2) is 0 Å². The Morgan fingerprint density at radius 2 is 2.10 bits per heavy atom. The fourth-order valence-electron chi connectivity index (χ4n) is 2.20. The van der Waals surface area contributed by atoms with Crippen molar-refractivity contribution in [2.45, 2.75) is 52.0 Å². The van der Waals surface area contributed by atoms with E-state index in [2.05, 4.69) is 36.1 Å². The van der Waals surface area contributed by atoms with Gasteiger partial charge in [0.05, 0.1) is 11.7 Å². The summed E-state index contributed by atoms with van der Waals surface area (Å²) in [6.45, 7) is 9.97. The van der Waals surface area contributed by atoms with Crippen molar-refractivity contribution in [3.63, 3.8) is 0 Å². The van der Waals surface area contributed by atoms with Crippen LogP contribution in [0, 0.1) is 0 Å². The molecule has 1 aliphatic heterocycles. The molecule has 2 heterocycles. The molecule has 20 heavy (non-hydrogen) atoms. The van der Waals surface area contributed by atoms with Gasteiger partial charge < -0.3 is 10.2 Å². The van der Waals surface area contributed by atoms with E-state index < -0.39 is 0 Å². The number of amides is 1. The molecule has 0 bridgehead atoms. The van der Waals surface area contributed by atoms with Crippen molar-refractivity contribution in [3.8, 4) is 0 Å². The van der Waals surface area contributed by atoms with Gasteiger partial charge in [-0.05, 0) is 6.42 Å². The van der Waals surface area contributed by atoms with Crippen LogP contribution < -0.4 is 5.32 Å². The van der Waals surface area contributed by atoms with Crippen molar-refractivity contribution in [1.29, 1.82) is 0 Å². The van der Waals surface area contributed by atoms with Crippen molar-refractivity contribution in [2.24, 2.45) is 0 Å². The number of nitrogens with zero attached hydrogens (tertiary/aromatic N) is 3. The maximum absolute atomic E-state index is 11.7. The number of nitrogens with one attached hydrogen (secondary N) is 1. The van der Waals surface area contributed by atoms with E-state index in [0.717, 1.165) is 31.0 Å². The molecule has 0 spiro atoms. The lowest BCUT2D eigenvalue weighted by molar-refractivity contribution is -0.135. The van der Waals surface area contributed by atoms with Crippen LogP contribution in [0.15, 0.2) is 12.4 Å². The highest BCUT2D eigenvalue weighted by atomic mass is 16.2. The normalized spacial score (nSPS) is 15.9. The van der Waals surface area contributed by atoms with E-state index in [9.17, 15) is 4.79 Å². The van der Waals surface area contributed by atoms with E-state index in [4.69, 9.17) is 0 Å². The van der Waals surface area contributed by atoms with Gasteiger partial charge in [-0.15, -0.1) is 0 Å². The summed E-state index contributed by atoms with van der Waals surface area (Å²) in [4.78, 5) is 22.1. The van der Waals surface area contributed by atoms with Gasteiger partial charge in [-0.25, -0.2) is 9.97 Å². The van der Waals surface area contributed by atoms with Crippen LogP contribution in [0.3, 0.4) is 0 Å². The molecule has 5 nitrogen and oxygen atoms in total. The third-order valence-electron chi connectivity index (χ3n) is 3.49. The van der Waals surface area contributed by atoms with E-state index in [1.807, 2.05) is 17.9 Å². The number of aromatic nitrogens is 2. The zero-order valence-corrected chi connectivity index (χ0v) is 12.8. The van der Waals surface area contributed by atoms with Gasteiger partial charge in [0.25, 0.3) is 0 Å². The molecule has 1 fully saturated rings. The summed E-state index contributed by atoms with van der Waals surface area (Å²) in [5.74, 6) is 1.10. The Kier molecular flexibility index (Phi) is 4.26. The first kappa shape index (κ1) is 14.8. The van der Waals surface area contributed by atoms with Crippen molar-refractivity contribution < 1.29 is 4.79 Å². The van der Waals surface area contributed by atoms with Crippen molar-refractivity contribution in [1.82, 2.24) is 14.9 Å². The van der Waals surface area contributed by atoms with Crippen molar-refractivity contribution in [3.05, 3.63) is 18.1 Å². The zero-order valence-electron chi connectivity index (χ0n) is 12.8. The standard InChI is InChI=1S/C15H24N4O/c1-5-6-14(20)19-8-11(9-19)18-13-7-12(15(2,3)4)16-10-17-13/h7,10-11H,5-6,8-9H2,1-4H3,(H,16,17,18). The van der Waals surface area contributed by atoms with E-state index in [1.165, 1.54) is 0 Å². The highest BCUT2D eigenvalue weighted by molar-refractivity contribution is 5.77. The van der Waals surface area contributed by atoms with Crippen LogP contribution in [-0.4, -0.2) is 39.9 Å². The molecule has 1 saturated heterocycles. The summed E-state index contributed by atoms with van der Waals surface area (Å²) in [5, 5.41) is 3.37. The molecule has 0 atom stereocenters. The minimum Gasteiger partial charge on any atom is -0.364 e. The predicted octanol–water partition coefficient (Wildman–Crippen LogP) is 2.20. The van der Waals surface area contributed by atoms with Gasteiger partial charge in [0.2, 0.25) is 5.91 Å². The molecule has 0 unspecified atom stereocenters. The van der Waals surface area contributed by atoms with Crippen LogP contribution in [0.4, 0.5) is 5.82 Å². The second-order valence-corrected chi connectivity index (χ2v) is 6.43. The Morgan fingerprint density at radius 1 is 1.40 bits per heavy atom. The Hall–Kier alpha value is -1.65. The summed E-state index contributed by atoms with van der Waals surface area (Å²) in [6.07, 6.45) is 3.16. The van der Waals surface area contributed by atoms with Gasteiger partial charge in [-0.1, -0.05) is 27.7 Å². The average Bonchev–Trinajstić information content (AvgIpc) is 2.33. The summed E-state index contributed by atoms with van der Waals surface area (Å²) in [6, 6.07) is 2.30. The largest absolute Gasteiger partial charge is 0.364 e. The molecule has 0 aliphatic carbocycles.